The van der Waals surface area contributed by atoms with Gasteiger partial charge >= 0.3 is 0 Å². The average molecular weight is 250 g/mol. The first kappa shape index (κ1) is 12.2. The summed E-state index contributed by atoms with van der Waals surface area (Å²) < 4.78 is 5.12. The molecular weight excluding hydrogens is 232 g/mol. The van der Waals surface area contributed by atoms with E-state index in [1.54, 1.807) is 7.11 Å². The van der Waals surface area contributed by atoms with Gasteiger partial charge in [0.05, 0.1) is 7.11 Å². The molecule has 0 atom stereocenters. The first-order valence-electron chi connectivity index (χ1n) is 5.95. The minimum atomic E-state index is 0.777. The molecule has 3 nitrogen and oxygen atoms in total. The zero-order chi connectivity index (χ0) is 12.1. The fraction of sp³-hybridized carbons (Fsp3) is 0.462. The Labute approximate surface area is 108 Å². The molecule has 4 heteroatoms. The number of likely N-dealkylation sites (tertiary alicyclic amines) is 1. The standard InChI is InChI=1S/C13H18N2OS/c1-16-12-6-4-11(5-7-12)10-14-13(17)15-8-2-3-9-15/h4-7H,2-3,8-10H2,1H3,(H,14,17). The summed E-state index contributed by atoms with van der Waals surface area (Å²) in [4.78, 5) is 2.23. The highest BCUT2D eigenvalue weighted by Crippen LogP contribution is 2.11. The summed E-state index contributed by atoms with van der Waals surface area (Å²) in [6.45, 7) is 2.96. The van der Waals surface area contributed by atoms with Gasteiger partial charge in [0.15, 0.2) is 5.11 Å². The lowest BCUT2D eigenvalue weighted by Gasteiger charge is -2.19. The van der Waals surface area contributed by atoms with Crippen LogP contribution in [0.1, 0.15) is 18.4 Å². The highest BCUT2D eigenvalue weighted by Gasteiger charge is 2.13. The van der Waals surface area contributed by atoms with Crippen molar-refractivity contribution in [1.29, 1.82) is 0 Å². The zero-order valence-corrected chi connectivity index (χ0v) is 10.9. The van der Waals surface area contributed by atoms with Crippen LogP contribution in [0.3, 0.4) is 0 Å². The van der Waals surface area contributed by atoms with E-state index >= 15 is 0 Å². The van der Waals surface area contributed by atoms with Crippen LogP contribution in [0.5, 0.6) is 5.75 Å². The summed E-state index contributed by atoms with van der Waals surface area (Å²) in [5, 5.41) is 4.17. The lowest BCUT2D eigenvalue weighted by molar-refractivity contribution is 0.414. The predicted molar refractivity (Wildman–Crippen MR) is 73.2 cm³/mol. The van der Waals surface area contributed by atoms with Crippen LogP contribution in [0.15, 0.2) is 24.3 Å². The Morgan fingerprint density at radius 3 is 2.53 bits per heavy atom. The molecule has 0 unspecified atom stereocenters. The highest BCUT2D eigenvalue weighted by molar-refractivity contribution is 7.80. The largest absolute Gasteiger partial charge is 0.497 e. The molecule has 17 heavy (non-hydrogen) atoms. The summed E-state index contributed by atoms with van der Waals surface area (Å²) >= 11 is 5.35. The molecule has 0 spiro atoms. The normalized spacial score (nSPS) is 14.8. The van der Waals surface area contributed by atoms with Crippen molar-refractivity contribution in [3.8, 4) is 5.75 Å². The number of nitrogens with one attached hydrogen (secondary N) is 1. The molecule has 0 saturated carbocycles. The van der Waals surface area contributed by atoms with Crippen LogP contribution in [0, 0.1) is 0 Å². The van der Waals surface area contributed by atoms with Crippen molar-refractivity contribution in [2.45, 2.75) is 19.4 Å². The topological polar surface area (TPSA) is 24.5 Å². The van der Waals surface area contributed by atoms with Crippen molar-refractivity contribution in [2.24, 2.45) is 0 Å². The summed E-state index contributed by atoms with van der Waals surface area (Å²) in [6, 6.07) is 8.04. The van der Waals surface area contributed by atoms with Crippen molar-refractivity contribution < 1.29 is 4.74 Å². The third kappa shape index (κ3) is 3.33. The van der Waals surface area contributed by atoms with Gasteiger partial charge in [0.2, 0.25) is 0 Å². The lowest BCUT2D eigenvalue weighted by Crippen LogP contribution is -2.37. The number of benzene rings is 1. The van der Waals surface area contributed by atoms with E-state index in [0.29, 0.717) is 0 Å². The summed E-state index contributed by atoms with van der Waals surface area (Å²) in [5.41, 5.74) is 1.22. The molecule has 92 valence electrons. The van der Waals surface area contributed by atoms with Gasteiger partial charge in [-0.25, -0.2) is 0 Å². The van der Waals surface area contributed by atoms with Crippen LogP contribution < -0.4 is 10.1 Å². The molecule has 0 aromatic heterocycles. The Morgan fingerprint density at radius 2 is 1.94 bits per heavy atom. The van der Waals surface area contributed by atoms with E-state index in [1.165, 1.54) is 18.4 Å². The van der Waals surface area contributed by atoms with Crippen molar-refractivity contribution in [3.63, 3.8) is 0 Å². The van der Waals surface area contributed by atoms with Crippen molar-refractivity contribution >= 4 is 17.3 Å². The van der Waals surface area contributed by atoms with E-state index in [4.69, 9.17) is 17.0 Å². The molecule has 0 aliphatic carbocycles. The van der Waals surface area contributed by atoms with Gasteiger partial charge in [0.25, 0.3) is 0 Å². The molecule has 0 radical (unpaired) electrons. The third-order valence-electron chi connectivity index (χ3n) is 3.00. The number of hydrogen-bond acceptors (Lipinski definition) is 2. The van der Waals surface area contributed by atoms with Crippen molar-refractivity contribution in [1.82, 2.24) is 10.2 Å². The summed E-state index contributed by atoms with van der Waals surface area (Å²) in [7, 11) is 1.68. The molecule has 0 bridgehead atoms. The van der Waals surface area contributed by atoms with Gasteiger partial charge in [-0.2, -0.15) is 0 Å². The molecule has 1 saturated heterocycles. The van der Waals surface area contributed by atoms with E-state index in [9.17, 15) is 0 Å². The molecule has 1 aliphatic heterocycles. The molecule has 1 aromatic rings. The molecule has 1 aliphatic rings. The number of methoxy groups -OCH3 is 1. The van der Waals surface area contributed by atoms with Gasteiger partial charge in [-0.05, 0) is 42.8 Å². The molecule has 1 N–H and O–H groups in total. The maximum atomic E-state index is 5.35. The fourth-order valence-corrected chi connectivity index (χ4v) is 2.21. The maximum Gasteiger partial charge on any atom is 0.169 e. The minimum absolute atomic E-state index is 0.777. The van der Waals surface area contributed by atoms with E-state index in [-0.39, 0.29) is 0 Å². The molecule has 0 amide bonds. The van der Waals surface area contributed by atoms with Gasteiger partial charge in [0, 0.05) is 19.6 Å². The van der Waals surface area contributed by atoms with Gasteiger partial charge in [-0.3, -0.25) is 0 Å². The average Bonchev–Trinajstić information content (AvgIpc) is 2.90. The summed E-state index contributed by atoms with van der Waals surface area (Å²) in [5.74, 6) is 0.885. The van der Waals surface area contributed by atoms with E-state index in [2.05, 4.69) is 22.3 Å². The van der Waals surface area contributed by atoms with Gasteiger partial charge < -0.3 is 15.0 Å². The number of thiocarbonyl (C=S) groups is 1. The Balaban J connectivity index is 1.82. The second-order valence-corrected chi connectivity index (χ2v) is 4.59. The minimum Gasteiger partial charge on any atom is -0.497 e. The molecule has 2 rings (SSSR count). The van der Waals surface area contributed by atoms with E-state index in [1.807, 2.05) is 12.1 Å². The van der Waals surface area contributed by atoms with E-state index in [0.717, 1.165) is 30.5 Å². The van der Waals surface area contributed by atoms with E-state index < -0.39 is 0 Å². The van der Waals surface area contributed by atoms with Gasteiger partial charge in [-0.1, -0.05) is 12.1 Å². The van der Waals surface area contributed by atoms with Crippen LogP contribution in [-0.2, 0) is 6.54 Å². The highest BCUT2D eigenvalue weighted by atomic mass is 32.1. The van der Waals surface area contributed by atoms with Gasteiger partial charge in [0.1, 0.15) is 5.75 Å². The quantitative estimate of drug-likeness (QED) is 0.831. The second-order valence-electron chi connectivity index (χ2n) is 4.20. The molecule has 1 aromatic carbocycles. The van der Waals surface area contributed by atoms with Crippen LogP contribution in [0.2, 0.25) is 0 Å². The second kappa shape index (κ2) is 5.87. The molecule has 1 heterocycles. The monoisotopic (exact) mass is 250 g/mol. The Morgan fingerprint density at radius 1 is 1.29 bits per heavy atom. The zero-order valence-electron chi connectivity index (χ0n) is 10.1. The predicted octanol–water partition coefficient (Wildman–Crippen LogP) is 2.17. The van der Waals surface area contributed by atoms with Crippen molar-refractivity contribution in [2.75, 3.05) is 20.2 Å². The number of nitrogens with zero attached hydrogens (tertiary/aromatic N) is 1. The van der Waals surface area contributed by atoms with Crippen LogP contribution >= 0.6 is 12.2 Å². The summed E-state index contributed by atoms with van der Waals surface area (Å²) in [6.07, 6.45) is 2.51. The number of hydrogen-bond donors (Lipinski definition) is 1. The lowest BCUT2D eigenvalue weighted by atomic mass is 10.2. The fourth-order valence-electron chi connectivity index (χ4n) is 1.95. The number of ether oxygens (including phenoxy) is 1. The Bertz CT molecular complexity index is 372. The van der Waals surface area contributed by atoms with Crippen LogP contribution in [0.25, 0.3) is 0 Å². The molecular formula is C13H18N2OS. The van der Waals surface area contributed by atoms with Gasteiger partial charge in [-0.15, -0.1) is 0 Å². The number of rotatable bonds is 3. The molecule has 1 fully saturated rings. The van der Waals surface area contributed by atoms with Crippen LogP contribution in [0.4, 0.5) is 0 Å². The Hall–Kier alpha value is -1.29. The maximum absolute atomic E-state index is 5.35. The third-order valence-corrected chi connectivity index (χ3v) is 3.40. The Kier molecular flexibility index (Phi) is 4.20. The van der Waals surface area contributed by atoms with Crippen LogP contribution in [-0.4, -0.2) is 30.2 Å². The van der Waals surface area contributed by atoms with Crippen molar-refractivity contribution in [3.05, 3.63) is 29.8 Å². The first-order valence-corrected chi connectivity index (χ1v) is 6.36. The SMILES string of the molecule is COc1ccc(CNC(=S)N2CCCC2)cc1. The first-order chi connectivity index (χ1) is 8.29. The smallest absolute Gasteiger partial charge is 0.169 e.